The largest absolute Gasteiger partial charge is 0.454 e. The number of rotatable bonds is 5. The van der Waals surface area contributed by atoms with Crippen LogP contribution in [0.15, 0.2) is 59.1 Å². The number of anilines is 1. The van der Waals surface area contributed by atoms with Gasteiger partial charge in [0.15, 0.2) is 23.0 Å². The molecule has 0 aliphatic carbocycles. The lowest BCUT2D eigenvalue weighted by atomic mass is 10.1. The molecular weight excluding hydrogens is 439 g/mol. The van der Waals surface area contributed by atoms with Gasteiger partial charge in [0, 0.05) is 38.3 Å². The highest BCUT2D eigenvalue weighted by Crippen LogP contribution is 2.33. The normalized spacial score (nSPS) is 15.6. The molecule has 2 aliphatic rings. The molecule has 4 heterocycles. The van der Waals surface area contributed by atoms with Crippen molar-refractivity contribution < 1.29 is 18.4 Å². The van der Waals surface area contributed by atoms with Crippen molar-refractivity contribution in [3.63, 3.8) is 0 Å². The smallest absolute Gasteiger partial charge is 0.278 e. The molecule has 4 aromatic rings. The summed E-state index contributed by atoms with van der Waals surface area (Å²) in [6.07, 6.45) is 0. The molecular formula is C24H21FN6O3. The molecule has 0 atom stereocenters. The van der Waals surface area contributed by atoms with Crippen molar-refractivity contribution in [3.05, 3.63) is 66.0 Å². The zero-order chi connectivity index (χ0) is 22.9. The zero-order valence-electron chi connectivity index (χ0n) is 18.2. The molecule has 0 amide bonds. The molecule has 0 unspecified atom stereocenters. The minimum atomic E-state index is -0.317. The standard InChI is InChI=1S/C24H21FN6O3/c25-18-4-2-17(3-5-18)23-26-24(34-29-23)19-6-8-22(28-27-19)31-11-9-30(10-12-31)14-16-1-7-20-21(13-16)33-15-32-20/h1-8,13H,9-12,14-15H2. The molecule has 1 saturated heterocycles. The number of fused-ring (bicyclic) bond motifs is 1. The molecule has 9 nitrogen and oxygen atoms in total. The van der Waals surface area contributed by atoms with Gasteiger partial charge in [0.2, 0.25) is 12.6 Å². The zero-order valence-corrected chi connectivity index (χ0v) is 18.2. The Balaban J connectivity index is 1.07. The first-order valence-corrected chi connectivity index (χ1v) is 11.0. The number of benzene rings is 2. The van der Waals surface area contributed by atoms with E-state index in [1.54, 1.807) is 12.1 Å². The Kier molecular flexibility index (Phi) is 5.27. The number of halogens is 1. The fraction of sp³-hybridized carbons (Fsp3) is 0.250. The van der Waals surface area contributed by atoms with Crippen LogP contribution in [0.2, 0.25) is 0 Å². The Morgan fingerprint density at radius 3 is 2.47 bits per heavy atom. The lowest BCUT2D eigenvalue weighted by Crippen LogP contribution is -2.46. The Morgan fingerprint density at radius 2 is 1.68 bits per heavy atom. The molecule has 2 aliphatic heterocycles. The number of piperazine rings is 1. The summed E-state index contributed by atoms with van der Waals surface area (Å²) in [6, 6.07) is 15.8. The summed E-state index contributed by atoms with van der Waals surface area (Å²) in [5, 5.41) is 12.6. The topological polar surface area (TPSA) is 89.6 Å². The molecule has 10 heteroatoms. The van der Waals surface area contributed by atoms with Gasteiger partial charge in [-0.25, -0.2) is 4.39 Å². The highest BCUT2D eigenvalue weighted by molar-refractivity contribution is 5.58. The summed E-state index contributed by atoms with van der Waals surface area (Å²) in [4.78, 5) is 8.98. The predicted molar refractivity (Wildman–Crippen MR) is 121 cm³/mol. The van der Waals surface area contributed by atoms with Gasteiger partial charge in [-0.3, -0.25) is 4.90 Å². The summed E-state index contributed by atoms with van der Waals surface area (Å²) in [7, 11) is 0. The molecule has 2 aromatic carbocycles. The fourth-order valence-electron chi connectivity index (χ4n) is 4.08. The van der Waals surface area contributed by atoms with Crippen molar-refractivity contribution in [2.24, 2.45) is 0 Å². The van der Waals surface area contributed by atoms with E-state index in [0.29, 0.717) is 23.9 Å². The van der Waals surface area contributed by atoms with E-state index in [0.717, 1.165) is 50.0 Å². The second-order valence-electron chi connectivity index (χ2n) is 8.16. The third-order valence-electron chi connectivity index (χ3n) is 5.94. The van der Waals surface area contributed by atoms with E-state index in [4.69, 9.17) is 14.0 Å². The first kappa shape index (κ1) is 20.5. The van der Waals surface area contributed by atoms with Gasteiger partial charge in [-0.05, 0) is 54.1 Å². The van der Waals surface area contributed by atoms with Gasteiger partial charge in [0.25, 0.3) is 5.89 Å². The molecule has 0 radical (unpaired) electrons. The van der Waals surface area contributed by atoms with Gasteiger partial charge in [0.05, 0.1) is 0 Å². The molecule has 0 bridgehead atoms. The number of hydrogen-bond acceptors (Lipinski definition) is 9. The number of aromatic nitrogens is 4. The average molecular weight is 460 g/mol. The van der Waals surface area contributed by atoms with E-state index in [1.165, 1.54) is 17.7 Å². The van der Waals surface area contributed by atoms with E-state index >= 15 is 0 Å². The summed E-state index contributed by atoms with van der Waals surface area (Å²) >= 11 is 0. The van der Waals surface area contributed by atoms with E-state index < -0.39 is 0 Å². The first-order valence-electron chi connectivity index (χ1n) is 11.0. The van der Waals surface area contributed by atoms with Crippen LogP contribution in [0.1, 0.15) is 5.56 Å². The summed E-state index contributed by atoms with van der Waals surface area (Å²) in [5.41, 5.74) is 2.37. The van der Waals surface area contributed by atoms with Crippen LogP contribution in [0.4, 0.5) is 10.2 Å². The highest BCUT2D eigenvalue weighted by Gasteiger charge is 2.21. The maximum absolute atomic E-state index is 13.1. The van der Waals surface area contributed by atoms with Crippen LogP contribution in [0, 0.1) is 5.82 Å². The van der Waals surface area contributed by atoms with Crippen molar-refractivity contribution in [2.45, 2.75) is 6.54 Å². The van der Waals surface area contributed by atoms with Crippen molar-refractivity contribution in [3.8, 4) is 34.5 Å². The molecule has 0 N–H and O–H groups in total. The SMILES string of the molecule is Fc1ccc(-c2noc(-c3ccc(N4CCN(Cc5ccc6c(c5)OCO6)CC4)nn3)n2)cc1. The summed E-state index contributed by atoms with van der Waals surface area (Å²) in [5.74, 6) is 2.76. The van der Waals surface area contributed by atoms with E-state index in [9.17, 15) is 4.39 Å². The van der Waals surface area contributed by atoms with Crippen LogP contribution in [0.3, 0.4) is 0 Å². The van der Waals surface area contributed by atoms with Crippen LogP contribution in [-0.4, -0.2) is 58.2 Å². The van der Waals surface area contributed by atoms with Crippen LogP contribution < -0.4 is 14.4 Å². The molecule has 2 aromatic heterocycles. The van der Waals surface area contributed by atoms with Crippen LogP contribution >= 0.6 is 0 Å². The molecule has 6 rings (SSSR count). The van der Waals surface area contributed by atoms with E-state index in [2.05, 4.69) is 42.3 Å². The summed E-state index contributed by atoms with van der Waals surface area (Å²) in [6.45, 7) is 4.70. The average Bonchev–Trinajstić information content (AvgIpc) is 3.55. The van der Waals surface area contributed by atoms with Gasteiger partial charge in [-0.1, -0.05) is 11.2 Å². The third kappa shape index (κ3) is 4.15. The predicted octanol–water partition coefficient (Wildman–Crippen LogP) is 3.38. The lowest BCUT2D eigenvalue weighted by Gasteiger charge is -2.35. The van der Waals surface area contributed by atoms with Crippen LogP contribution in [0.5, 0.6) is 11.5 Å². The molecule has 0 saturated carbocycles. The molecule has 1 fully saturated rings. The Bertz CT molecular complexity index is 1290. The Morgan fingerprint density at radius 1 is 0.853 bits per heavy atom. The molecule has 172 valence electrons. The summed E-state index contributed by atoms with van der Waals surface area (Å²) < 4.78 is 29.3. The molecule has 34 heavy (non-hydrogen) atoms. The van der Waals surface area contributed by atoms with Gasteiger partial charge in [0.1, 0.15) is 5.82 Å². The van der Waals surface area contributed by atoms with Crippen LogP contribution in [-0.2, 0) is 6.54 Å². The van der Waals surface area contributed by atoms with Crippen molar-refractivity contribution in [1.82, 2.24) is 25.2 Å². The fourth-order valence-corrected chi connectivity index (χ4v) is 4.08. The third-order valence-corrected chi connectivity index (χ3v) is 5.94. The van der Waals surface area contributed by atoms with Gasteiger partial charge in [-0.2, -0.15) is 4.98 Å². The maximum Gasteiger partial charge on any atom is 0.278 e. The van der Waals surface area contributed by atoms with Gasteiger partial charge < -0.3 is 18.9 Å². The van der Waals surface area contributed by atoms with Crippen LogP contribution in [0.25, 0.3) is 23.0 Å². The van der Waals surface area contributed by atoms with Crippen molar-refractivity contribution in [2.75, 3.05) is 37.9 Å². The highest BCUT2D eigenvalue weighted by atomic mass is 19.1. The minimum absolute atomic E-state index is 0.270. The van der Waals surface area contributed by atoms with Crippen molar-refractivity contribution in [1.29, 1.82) is 0 Å². The molecule has 0 spiro atoms. The lowest BCUT2D eigenvalue weighted by molar-refractivity contribution is 0.174. The Labute approximate surface area is 194 Å². The van der Waals surface area contributed by atoms with Gasteiger partial charge >= 0.3 is 0 Å². The van der Waals surface area contributed by atoms with Gasteiger partial charge in [-0.15, -0.1) is 10.2 Å². The van der Waals surface area contributed by atoms with Crippen molar-refractivity contribution >= 4 is 5.82 Å². The van der Waals surface area contributed by atoms with E-state index in [1.807, 2.05) is 18.2 Å². The monoisotopic (exact) mass is 460 g/mol. The number of hydrogen-bond donors (Lipinski definition) is 0. The van der Waals surface area contributed by atoms with E-state index in [-0.39, 0.29) is 11.7 Å². The first-order chi connectivity index (χ1) is 16.7. The second-order valence-corrected chi connectivity index (χ2v) is 8.16. The quantitative estimate of drug-likeness (QED) is 0.445. The minimum Gasteiger partial charge on any atom is -0.454 e. The number of ether oxygens (including phenoxy) is 2. The Hall–Kier alpha value is -4.05. The number of nitrogens with zero attached hydrogens (tertiary/aromatic N) is 6. The second kappa shape index (κ2) is 8.71. The maximum atomic E-state index is 13.1.